The second kappa shape index (κ2) is 5.33. The maximum absolute atomic E-state index is 12.8. The Hall–Kier alpha value is -1.14. The molecule has 0 aromatic heterocycles. The molecule has 2 saturated heterocycles. The quantitative estimate of drug-likeness (QED) is 0.662. The van der Waals surface area contributed by atoms with Crippen molar-refractivity contribution in [1.29, 1.82) is 0 Å². The first-order chi connectivity index (χ1) is 9.63. The Labute approximate surface area is 119 Å². The first-order valence-electron chi connectivity index (χ1n) is 7.69. The van der Waals surface area contributed by atoms with Gasteiger partial charge < -0.3 is 15.0 Å². The summed E-state index contributed by atoms with van der Waals surface area (Å²) in [5.41, 5.74) is -0.624. The van der Waals surface area contributed by atoms with E-state index in [4.69, 9.17) is 4.74 Å². The van der Waals surface area contributed by atoms with Crippen molar-refractivity contribution in [2.75, 3.05) is 33.0 Å². The molecule has 0 aromatic rings. The maximum Gasteiger partial charge on any atom is 0.329 e. The van der Waals surface area contributed by atoms with E-state index in [-0.39, 0.29) is 17.9 Å². The van der Waals surface area contributed by atoms with E-state index in [0.717, 1.165) is 38.8 Å². The second-order valence-electron chi connectivity index (χ2n) is 6.30. The number of nitrogens with one attached hydrogen (secondary N) is 2. The van der Waals surface area contributed by atoms with Gasteiger partial charge in [0.1, 0.15) is 18.6 Å². The zero-order valence-corrected chi connectivity index (χ0v) is 12.1. The number of imide groups is 1. The smallest absolute Gasteiger partial charge is 0.329 e. The lowest BCUT2D eigenvalue weighted by Gasteiger charge is -2.37. The van der Waals surface area contributed by atoms with Gasteiger partial charge in [-0.2, -0.15) is 0 Å². The van der Waals surface area contributed by atoms with Crippen LogP contribution in [0.4, 0.5) is 4.79 Å². The fourth-order valence-corrected chi connectivity index (χ4v) is 3.68. The molecule has 1 aliphatic carbocycles. The van der Waals surface area contributed by atoms with Crippen LogP contribution in [0, 0.1) is 5.92 Å². The average Bonchev–Trinajstić information content (AvgIpc) is 2.69. The third-order valence-corrected chi connectivity index (χ3v) is 5.08. The van der Waals surface area contributed by atoms with Gasteiger partial charge in [0.15, 0.2) is 6.67 Å². The highest BCUT2D eigenvalue weighted by atomic mass is 16.5. The van der Waals surface area contributed by atoms with E-state index in [9.17, 15) is 9.59 Å². The lowest BCUT2D eigenvalue weighted by atomic mass is 9.73. The third-order valence-electron chi connectivity index (χ3n) is 5.08. The summed E-state index contributed by atoms with van der Waals surface area (Å²) in [6.45, 7) is 5.70. The number of amides is 3. The zero-order chi connectivity index (χ0) is 14.2. The zero-order valence-electron chi connectivity index (χ0n) is 12.1. The van der Waals surface area contributed by atoms with Gasteiger partial charge in [0.05, 0.1) is 13.2 Å². The van der Waals surface area contributed by atoms with Gasteiger partial charge in [-0.05, 0) is 18.8 Å². The summed E-state index contributed by atoms with van der Waals surface area (Å²) >= 11 is 0. The number of urea groups is 1. The molecule has 112 valence electrons. The number of morpholine rings is 1. The lowest BCUT2D eigenvalue weighted by molar-refractivity contribution is -0.915. The van der Waals surface area contributed by atoms with Crippen molar-refractivity contribution in [2.45, 2.75) is 38.1 Å². The number of carbonyl (C=O) groups excluding carboxylic acids is 2. The fraction of sp³-hybridized carbons (Fsp3) is 0.857. The Bertz CT molecular complexity index is 408. The molecular weight excluding hydrogens is 258 g/mol. The normalized spacial score (nSPS) is 35.6. The molecule has 0 unspecified atom stereocenters. The van der Waals surface area contributed by atoms with Crippen LogP contribution in [0.3, 0.4) is 0 Å². The summed E-state index contributed by atoms with van der Waals surface area (Å²) in [6.07, 6.45) is 3.98. The van der Waals surface area contributed by atoms with Gasteiger partial charge in [0, 0.05) is 0 Å². The average molecular weight is 282 g/mol. The Balaban J connectivity index is 1.72. The minimum Gasteiger partial charge on any atom is -0.370 e. The van der Waals surface area contributed by atoms with Crippen molar-refractivity contribution >= 4 is 11.9 Å². The van der Waals surface area contributed by atoms with Crippen LogP contribution < -0.4 is 10.2 Å². The van der Waals surface area contributed by atoms with E-state index in [2.05, 4.69) is 12.2 Å². The van der Waals surface area contributed by atoms with Crippen LogP contribution >= 0.6 is 0 Å². The molecule has 2 atom stereocenters. The van der Waals surface area contributed by atoms with Crippen LogP contribution in [-0.2, 0) is 9.53 Å². The number of hydrogen-bond acceptors (Lipinski definition) is 3. The molecule has 2 N–H and O–H groups in total. The van der Waals surface area contributed by atoms with E-state index in [0.29, 0.717) is 19.9 Å². The predicted molar refractivity (Wildman–Crippen MR) is 72.1 cm³/mol. The Morgan fingerprint density at radius 3 is 2.80 bits per heavy atom. The molecule has 3 amide bonds. The molecule has 1 spiro atoms. The molecule has 20 heavy (non-hydrogen) atoms. The molecule has 2 heterocycles. The summed E-state index contributed by atoms with van der Waals surface area (Å²) in [4.78, 5) is 27.7. The molecular formula is C14H24N3O3+. The van der Waals surface area contributed by atoms with Gasteiger partial charge in [-0.15, -0.1) is 0 Å². The Morgan fingerprint density at radius 2 is 2.10 bits per heavy atom. The van der Waals surface area contributed by atoms with Crippen LogP contribution in [0.2, 0.25) is 0 Å². The molecule has 0 bridgehead atoms. The van der Waals surface area contributed by atoms with Crippen molar-refractivity contribution in [3.8, 4) is 0 Å². The molecule has 3 fully saturated rings. The van der Waals surface area contributed by atoms with Crippen LogP contribution in [0.1, 0.15) is 32.6 Å². The summed E-state index contributed by atoms with van der Waals surface area (Å²) in [6, 6.07) is -0.206. The maximum atomic E-state index is 12.8. The minimum atomic E-state index is -0.624. The number of carbonyl (C=O) groups is 2. The SMILES string of the molecule is C[C@@H]1CCCC[C@]12NC(=O)N(C[NH+]1CCOCC1)C2=O. The highest BCUT2D eigenvalue weighted by Gasteiger charge is 2.55. The molecule has 2 aliphatic heterocycles. The van der Waals surface area contributed by atoms with E-state index < -0.39 is 5.54 Å². The standard InChI is InChI=1S/C14H23N3O3/c1-11-4-2-3-5-14(11)12(18)17(13(19)15-14)10-16-6-8-20-9-7-16/h11H,2-10H2,1H3,(H,15,19)/p+1/t11-,14+/m1/s1. The van der Waals surface area contributed by atoms with E-state index >= 15 is 0 Å². The fourth-order valence-electron chi connectivity index (χ4n) is 3.68. The van der Waals surface area contributed by atoms with Crippen molar-refractivity contribution in [3.63, 3.8) is 0 Å². The molecule has 0 aromatic carbocycles. The number of nitrogens with zero attached hydrogens (tertiary/aromatic N) is 1. The van der Waals surface area contributed by atoms with Gasteiger partial charge in [-0.25, -0.2) is 9.69 Å². The molecule has 3 aliphatic rings. The molecule has 6 nitrogen and oxygen atoms in total. The largest absolute Gasteiger partial charge is 0.370 e. The summed E-state index contributed by atoms with van der Waals surface area (Å²) in [5, 5.41) is 3.00. The van der Waals surface area contributed by atoms with Gasteiger partial charge in [-0.1, -0.05) is 19.8 Å². The van der Waals surface area contributed by atoms with Crippen molar-refractivity contribution in [2.24, 2.45) is 5.92 Å². The Kier molecular flexibility index (Phi) is 3.69. The van der Waals surface area contributed by atoms with Crippen molar-refractivity contribution < 1.29 is 19.2 Å². The van der Waals surface area contributed by atoms with Gasteiger partial charge in [0.2, 0.25) is 0 Å². The number of hydrogen-bond donors (Lipinski definition) is 2. The first kappa shape index (κ1) is 13.8. The monoisotopic (exact) mass is 282 g/mol. The first-order valence-corrected chi connectivity index (χ1v) is 7.69. The van der Waals surface area contributed by atoms with Gasteiger partial charge in [-0.3, -0.25) is 4.79 Å². The van der Waals surface area contributed by atoms with Crippen LogP contribution in [0.5, 0.6) is 0 Å². The topological polar surface area (TPSA) is 63.1 Å². The van der Waals surface area contributed by atoms with E-state index in [1.165, 1.54) is 9.80 Å². The minimum absolute atomic E-state index is 0.00584. The van der Waals surface area contributed by atoms with Crippen molar-refractivity contribution in [1.82, 2.24) is 10.2 Å². The van der Waals surface area contributed by atoms with Gasteiger partial charge in [0.25, 0.3) is 5.91 Å². The lowest BCUT2D eigenvalue weighted by Crippen LogP contribution is -3.15. The molecule has 0 radical (unpaired) electrons. The highest BCUT2D eigenvalue weighted by molar-refractivity contribution is 6.07. The summed E-state index contributed by atoms with van der Waals surface area (Å²) < 4.78 is 5.32. The second-order valence-corrected chi connectivity index (χ2v) is 6.30. The Morgan fingerprint density at radius 1 is 1.35 bits per heavy atom. The number of rotatable bonds is 2. The molecule has 1 saturated carbocycles. The van der Waals surface area contributed by atoms with Crippen LogP contribution in [0.25, 0.3) is 0 Å². The molecule has 6 heteroatoms. The van der Waals surface area contributed by atoms with Crippen LogP contribution in [0.15, 0.2) is 0 Å². The summed E-state index contributed by atoms with van der Waals surface area (Å²) in [7, 11) is 0. The highest BCUT2D eigenvalue weighted by Crippen LogP contribution is 2.37. The molecule has 3 rings (SSSR count). The van der Waals surface area contributed by atoms with E-state index in [1.54, 1.807) is 0 Å². The van der Waals surface area contributed by atoms with Gasteiger partial charge >= 0.3 is 6.03 Å². The van der Waals surface area contributed by atoms with E-state index in [1.807, 2.05) is 0 Å². The number of ether oxygens (including phenoxy) is 1. The summed E-state index contributed by atoms with van der Waals surface area (Å²) in [5.74, 6) is 0.228. The number of quaternary nitrogens is 1. The van der Waals surface area contributed by atoms with Crippen molar-refractivity contribution in [3.05, 3.63) is 0 Å². The third kappa shape index (κ3) is 2.20. The predicted octanol–water partition coefficient (Wildman–Crippen LogP) is -0.640. The van der Waals surface area contributed by atoms with Crippen LogP contribution in [-0.4, -0.2) is 55.3 Å².